The number of aromatic hydroxyl groups is 1. The zero-order chi connectivity index (χ0) is 21.5. The van der Waals surface area contributed by atoms with Crippen molar-refractivity contribution in [2.24, 2.45) is 0 Å². The largest absolute Gasteiger partial charge is 0.507 e. The second-order valence-electron chi connectivity index (χ2n) is 7.15. The molecule has 1 atom stereocenters. The molecular formula is C19H17F3N6OS. The standard InChI is InChI=1S/C19H17F3N6OS/c1-28-6-2-3-11(9-28)24-18-27-17-15(30-18)13(8-23)25-16(26-17)12-5-4-10(7-14(12)29)19(20,21)22/h4-5,7,11,29H,2-3,6,9H2,1H3,(H,24,25,26,27)/t11-/m1/s1. The average molecular weight is 434 g/mol. The molecule has 0 saturated carbocycles. The number of hydrogen-bond donors (Lipinski definition) is 2. The van der Waals surface area contributed by atoms with Crippen molar-refractivity contribution in [3.05, 3.63) is 29.5 Å². The predicted octanol–water partition coefficient (Wildman–Crippen LogP) is 3.86. The summed E-state index contributed by atoms with van der Waals surface area (Å²) < 4.78 is 39.0. The van der Waals surface area contributed by atoms with Gasteiger partial charge in [0.15, 0.2) is 22.3 Å². The van der Waals surface area contributed by atoms with Gasteiger partial charge in [-0.15, -0.1) is 0 Å². The zero-order valence-corrected chi connectivity index (χ0v) is 16.7. The van der Waals surface area contributed by atoms with Gasteiger partial charge in [0, 0.05) is 12.6 Å². The van der Waals surface area contributed by atoms with Gasteiger partial charge in [0.25, 0.3) is 0 Å². The Hall–Kier alpha value is -2.97. The lowest BCUT2D eigenvalue weighted by Crippen LogP contribution is -2.39. The second-order valence-corrected chi connectivity index (χ2v) is 8.15. The zero-order valence-electron chi connectivity index (χ0n) is 15.9. The second kappa shape index (κ2) is 7.70. The van der Waals surface area contributed by atoms with Crippen LogP contribution in [0.25, 0.3) is 21.7 Å². The number of likely N-dealkylation sites (N-methyl/N-ethyl adjacent to an activating group) is 1. The lowest BCUT2D eigenvalue weighted by molar-refractivity contribution is -0.137. The van der Waals surface area contributed by atoms with Crippen LogP contribution in [0, 0.1) is 11.3 Å². The number of piperidine rings is 1. The van der Waals surface area contributed by atoms with E-state index in [2.05, 4.69) is 25.2 Å². The molecule has 4 rings (SSSR count). The molecule has 0 bridgehead atoms. The maximum Gasteiger partial charge on any atom is 0.416 e. The van der Waals surface area contributed by atoms with E-state index in [-0.39, 0.29) is 28.8 Å². The van der Waals surface area contributed by atoms with E-state index in [4.69, 9.17) is 0 Å². The van der Waals surface area contributed by atoms with E-state index in [0.717, 1.165) is 38.1 Å². The van der Waals surface area contributed by atoms with E-state index in [1.807, 2.05) is 13.1 Å². The molecule has 0 unspecified atom stereocenters. The molecular weight excluding hydrogens is 417 g/mol. The number of phenolic OH excluding ortho intramolecular Hbond substituents is 1. The van der Waals surface area contributed by atoms with Crippen molar-refractivity contribution < 1.29 is 18.3 Å². The summed E-state index contributed by atoms with van der Waals surface area (Å²) in [6.07, 6.45) is -2.51. The quantitative estimate of drug-likeness (QED) is 0.646. The molecule has 1 aliphatic heterocycles. The van der Waals surface area contributed by atoms with Crippen molar-refractivity contribution in [2.45, 2.75) is 25.1 Å². The molecule has 1 saturated heterocycles. The van der Waals surface area contributed by atoms with Crippen molar-refractivity contribution in [1.29, 1.82) is 5.26 Å². The first-order valence-electron chi connectivity index (χ1n) is 9.19. The fourth-order valence-electron chi connectivity index (χ4n) is 3.44. The van der Waals surface area contributed by atoms with Crippen LogP contribution in [0.4, 0.5) is 18.3 Å². The number of nitrogens with zero attached hydrogens (tertiary/aromatic N) is 5. The highest BCUT2D eigenvalue weighted by Crippen LogP contribution is 2.37. The van der Waals surface area contributed by atoms with Crippen LogP contribution in [-0.2, 0) is 6.18 Å². The maximum atomic E-state index is 12.8. The summed E-state index contributed by atoms with van der Waals surface area (Å²) in [4.78, 5) is 15.1. The number of fused-ring (bicyclic) bond motifs is 1. The SMILES string of the molecule is CN1CCC[C@@H](Nc2nc3nc(-c4ccc(C(F)(F)F)cc4O)nc(C#N)c3s2)C1. The number of thiazole rings is 1. The van der Waals surface area contributed by atoms with Crippen molar-refractivity contribution in [1.82, 2.24) is 19.9 Å². The highest BCUT2D eigenvalue weighted by Gasteiger charge is 2.31. The summed E-state index contributed by atoms with van der Waals surface area (Å²) in [5, 5.41) is 23.5. The molecule has 2 aromatic heterocycles. The Morgan fingerprint density at radius 3 is 2.77 bits per heavy atom. The Morgan fingerprint density at radius 2 is 2.10 bits per heavy atom. The number of nitriles is 1. The molecule has 11 heteroatoms. The van der Waals surface area contributed by atoms with Crippen molar-refractivity contribution >= 4 is 26.8 Å². The van der Waals surface area contributed by atoms with Gasteiger partial charge in [-0.2, -0.15) is 23.4 Å². The minimum absolute atomic E-state index is 0.00202. The van der Waals surface area contributed by atoms with Crippen molar-refractivity contribution in [3.63, 3.8) is 0 Å². The first kappa shape index (κ1) is 20.3. The summed E-state index contributed by atoms with van der Waals surface area (Å²) in [5.41, 5.74) is -0.672. The third-order valence-electron chi connectivity index (χ3n) is 4.88. The fourth-order valence-corrected chi connectivity index (χ4v) is 4.36. The number of anilines is 1. The number of hydrogen-bond acceptors (Lipinski definition) is 8. The molecule has 0 aliphatic carbocycles. The van der Waals surface area contributed by atoms with Crippen LogP contribution < -0.4 is 5.32 Å². The first-order chi connectivity index (χ1) is 14.2. The van der Waals surface area contributed by atoms with Crippen LogP contribution in [0.2, 0.25) is 0 Å². The molecule has 3 aromatic rings. The lowest BCUT2D eigenvalue weighted by Gasteiger charge is -2.29. The van der Waals surface area contributed by atoms with E-state index >= 15 is 0 Å². The van der Waals surface area contributed by atoms with Gasteiger partial charge in [-0.05, 0) is 44.6 Å². The highest BCUT2D eigenvalue weighted by atomic mass is 32.1. The smallest absolute Gasteiger partial charge is 0.416 e. The monoisotopic (exact) mass is 434 g/mol. The molecule has 30 heavy (non-hydrogen) atoms. The van der Waals surface area contributed by atoms with Gasteiger partial charge >= 0.3 is 6.18 Å². The van der Waals surface area contributed by atoms with Gasteiger partial charge in [0.1, 0.15) is 16.5 Å². The predicted molar refractivity (Wildman–Crippen MR) is 106 cm³/mol. The number of likely N-dealkylation sites (tertiary alicyclic amines) is 1. The molecule has 0 spiro atoms. The number of benzene rings is 1. The molecule has 3 heterocycles. The van der Waals surface area contributed by atoms with Crippen molar-refractivity contribution in [2.75, 3.05) is 25.5 Å². The summed E-state index contributed by atoms with van der Waals surface area (Å²) in [6.45, 7) is 1.92. The van der Waals surface area contributed by atoms with Gasteiger partial charge in [0.05, 0.1) is 11.1 Å². The Kier molecular flexibility index (Phi) is 5.21. The van der Waals surface area contributed by atoms with E-state index in [1.165, 1.54) is 11.3 Å². The fraction of sp³-hybridized carbons (Fsp3) is 0.368. The number of aromatic nitrogens is 3. The van der Waals surface area contributed by atoms with Crippen LogP contribution in [0.1, 0.15) is 24.1 Å². The average Bonchev–Trinajstić information content (AvgIpc) is 3.08. The highest BCUT2D eigenvalue weighted by molar-refractivity contribution is 7.22. The molecule has 0 radical (unpaired) electrons. The van der Waals surface area contributed by atoms with Gasteiger partial charge in [-0.1, -0.05) is 11.3 Å². The summed E-state index contributed by atoms with van der Waals surface area (Å²) >= 11 is 1.26. The van der Waals surface area contributed by atoms with Crippen LogP contribution in [-0.4, -0.2) is 51.1 Å². The number of alkyl halides is 3. The molecule has 1 aromatic carbocycles. The third kappa shape index (κ3) is 4.01. The molecule has 7 nitrogen and oxygen atoms in total. The number of halogens is 3. The number of rotatable bonds is 3. The van der Waals surface area contributed by atoms with E-state index < -0.39 is 17.5 Å². The Labute approximate surface area is 173 Å². The Bertz CT molecular complexity index is 1140. The minimum Gasteiger partial charge on any atom is -0.507 e. The molecule has 1 fully saturated rings. The van der Waals surface area contributed by atoms with Gasteiger partial charge in [-0.3, -0.25) is 0 Å². The first-order valence-corrected chi connectivity index (χ1v) is 10.0. The number of phenols is 1. The summed E-state index contributed by atoms with van der Waals surface area (Å²) in [5.74, 6) is -0.675. The summed E-state index contributed by atoms with van der Waals surface area (Å²) in [6, 6.07) is 4.74. The number of nitrogens with one attached hydrogen (secondary N) is 1. The topological polar surface area (TPSA) is 98.0 Å². The van der Waals surface area contributed by atoms with Crippen molar-refractivity contribution in [3.8, 4) is 23.2 Å². The van der Waals surface area contributed by atoms with Crippen LogP contribution in [0.5, 0.6) is 5.75 Å². The minimum atomic E-state index is -4.58. The molecule has 156 valence electrons. The Balaban J connectivity index is 1.70. The third-order valence-corrected chi connectivity index (χ3v) is 5.86. The Morgan fingerprint density at radius 1 is 1.30 bits per heavy atom. The summed E-state index contributed by atoms with van der Waals surface area (Å²) in [7, 11) is 2.05. The molecule has 0 amide bonds. The van der Waals surface area contributed by atoms with Crippen LogP contribution >= 0.6 is 11.3 Å². The molecule has 2 N–H and O–H groups in total. The molecule has 1 aliphatic rings. The van der Waals surface area contributed by atoms with E-state index in [9.17, 15) is 23.5 Å². The van der Waals surface area contributed by atoms with Crippen LogP contribution in [0.15, 0.2) is 18.2 Å². The lowest BCUT2D eigenvalue weighted by atomic mass is 10.1. The van der Waals surface area contributed by atoms with Gasteiger partial charge in [-0.25, -0.2) is 9.97 Å². The normalized spacial score (nSPS) is 17.8. The van der Waals surface area contributed by atoms with E-state index in [0.29, 0.717) is 15.9 Å². The maximum absolute atomic E-state index is 12.8. The van der Waals surface area contributed by atoms with Gasteiger partial charge < -0.3 is 15.3 Å². The van der Waals surface area contributed by atoms with Gasteiger partial charge in [0.2, 0.25) is 0 Å². The van der Waals surface area contributed by atoms with Crippen LogP contribution in [0.3, 0.4) is 0 Å². The van der Waals surface area contributed by atoms with E-state index in [1.54, 1.807) is 0 Å².